The third-order valence-corrected chi connectivity index (χ3v) is 4.12. The minimum absolute atomic E-state index is 0.150. The highest BCUT2D eigenvalue weighted by atomic mass is 79.9. The molecule has 1 aliphatic rings. The molecule has 0 radical (unpaired) electrons. The van der Waals surface area contributed by atoms with E-state index in [4.69, 9.17) is 0 Å². The maximum atomic E-state index is 11.7. The Morgan fingerprint density at radius 3 is 3.00 bits per heavy atom. The number of thiophene rings is 1. The van der Waals surface area contributed by atoms with E-state index < -0.39 is 0 Å². The Morgan fingerprint density at radius 2 is 2.44 bits per heavy atom. The van der Waals surface area contributed by atoms with Gasteiger partial charge < -0.3 is 5.32 Å². The summed E-state index contributed by atoms with van der Waals surface area (Å²) < 4.78 is 0.810. The fourth-order valence-electron chi connectivity index (χ4n) is 1.77. The first-order valence-electron chi connectivity index (χ1n) is 5.25. The van der Waals surface area contributed by atoms with Gasteiger partial charge in [0.1, 0.15) is 0 Å². The van der Waals surface area contributed by atoms with Crippen LogP contribution in [-0.4, -0.2) is 12.5 Å². The Bertz CT molecular complexity index is 426. The van der Waals surface area contributed by atoms with Crippen LogP contribution in [0.2, 0.25) is 0 Å². The summed E-state index contributed by atoms with van der Waals surface area (Å²) in [4.78, 5) is 14.4. The first kappa shape index (κ1) is 11.9. The highest BCUT2D eigenvalue weighted by Gasteiger charge is 2.44. The molecule has 0 aromatic carbocycles. The second-order valence-electron chi connectivity index (χ2n) is 4.13. The van der Waals surface area contributed by atoms with Crippen LogP contribution in [0.4, 0.5) is 0 Å². The molecule has 0 spiro atoms. The lowest BCUT2D eigenvalue weighted by molar-refractivity contribution is -0.122. The van der Waals surface area contributed by atoms with Crippen LogP contribution < -0.4 is 5.32 Å². The Morgan fingerprint density at radius 1 is 1.69 bits per heavy atom. The maximum absolute atomic E-state index is 11.7. The molecular weight excluding hydrogens is 286 g/mol. The standard InChI is InChI=1S/C12H14BrNOS/c1-7(13)6-14-12(15)10-5-9(10)11-4-3-8(2)16-11/h3-4,9-10H,1,5-6H2,2H3,(H,14,15)/t9-,10-/m1/s1. The SMILES string of the molecule is C=C(Br)CNC(=O)[C@@H]1C[C@H]1c1ccc(C)s1. The van der Waals surface area contributed by atoms with E-state index in [1.807, 2.05) is 0 Å². The molecule has 1 amide bonds. The van der Waals surface area contributed by atoms with Gasteiger partial charge in [0.25, 0.3) is 0 Å². The molecule has 0 bridgehead atoms. The van der Waals surface area contributed by atoms with E-state index in [1.165, 1.54) is 9.75 Å². The summed E-state index contributed by atoms with van der Waals surface area (Å²) in [5.74, 6) is 0.767. The highest BCUT2D eigenvalue weighted by Crippen LogP contribution is 2.49. The zero-order valence-corrected chi connectivity index (χ0v) is 11.5. The average molecular weight is 300 g/mol. The molecule has 0 aliphatic heterocycles. The normalized spacial score (nSPS) is 22.9. The van der Waals surface area contributed by atoms with Gasteiger partial charge in [0.2, 0.25) is 5.91 Å². The third kappa shape index (κ3) is 2.74. The molecule has 1 aromatic heterocycles. The number of carbonyl (C=O) groups excluding carboxylic acids is 1. The summed E-state index contributed by atoms with van der Waals surface area (Å²) in [6.07, 6.45) is 0.987. The molecule has 1 aliphatic carbocycles. The topological polar surface area (TPSA) is 29.1 Å². The van der Waals surface area contributed by atoms with Crippen molar-refractivity contribution in [2.45, 2.75) is 19.3 Å². The van der Waals surface area contributed by atoms with Crippen LogP contribution in [-0.2, 0) is 4.79 Å². The number of nitrogens with one attached hydrogen (secondary N) is 1. The fourth-order valence-corrected chi connectivity index (χ4v) is 2.96. The van der Waals surface area contributed by atoms with Crippen LogP contribution in [0.15, 0.2) is 23.2 Å². The zero-order valence-electron chi connectivity index (χ0n) is 9.13. The van der Waals surface area contributed by atoms with Crippen molar-refractivity contribution in [1.29, 1.82) is 0 Å². The minimum Gasteiger partial charge on any atom is -0.351 e. The van der Waals surface area contributed by atoms with E-state index >= 15 is 0 Å². The predicted octanol–water partition coefficient (Wildman–Crippen LogP) is 3.18. The van der Waals surface area contributed by atoms with E-state index in [-0.39, 0.29) is 11.8 Å². The van der Waals surface area contributed by atoms with Crippen LogP contribution >= 0.6 is 27.3 Å². The van der Waals surface area contributed by atoms with Gasteiger partial charge >= 0.3 is 0 Å². The molecule has 1 heterocycles. The summed E-state index contributed by atoms with van der Waals surface area (Å²) in [5.41, 5.74) is 0. The van der Waals surface area contributed by atoms with Crippen molar-refractivity contribution in [3.05, 3.63) is 32.9 Å². The van der Waals surface area contributed by atoms with E-state index in [1.54, 1.807) is 11.3 Å². The maximum Gasteiger partial charge on any atom is 0.224 e. The number of hydrogen-bond donors (Lipinski definition) is 1. The van der Waals surface area contributed by atoms with Gasteiger partial charge in [-0.1, -0.05) is 22.5 Å². The van der Waals surface area contributed by atoms with Crippen molar-refractivity contribution in [3.8, 4) is 0 Å². The molecule has 1 saturated carbocycles. The fraction of sp³-hybridized carbons (Fsp3) is 0.417. The van der Waals surface area contributed by atoms with Crippen molar-refractivity contribution in [3.63, 3.8) is 0 Å². The molecule has 1 aromatic rings. The molecule has 4 heteroatoms. The first-order chi connectivity index (χ1) is 7.58. The van der Waals surface area contributed by atoms with Gasteiger partial charge in [-0.3, -0.25) is 4.79 Å². The van der Waals surface area contributed by atoms with E-state index in [0.29, 0.717) is 12.5 Å². The summed E-state index contributed by atoms with van der Waals surface area (Å²) >= 11 is 5.03. The van der Waals surface area contributed by atoms with E-state index in [0.717, 1.165) is 10.9 Å². The Labute approximate surface area is 108 Å². The molecule has 1 fully saturated rings. The molecule has 2 rings (SSSR count). The van der Waals surface area contributed by atoms with Gasteiger partial charge in [0.15, 0.2) is 0 Å². The largest absolute Gasteiger partial charge is 0.351 e. The second kappa shape index (κ2) is 4.72. The second-order valence-corrected chi connectivity index (χ2v) is 6.57. The monoisotopic (exact) mass is 299 g/mol. The molecule has 0 unspecified atom stereocenters. The third-order valence-electron chi connectivity index (χ3n) is 2.71. The number of carbonyl (C=O) groups is 1. The van der Waals surface area contributed by atoms with Gasteiger partial charge in [0.05, 0.1) is 0 Å². The molecule has 2 nitrogen and oxygen atoms in total. The molecule has 2 atom stereocenters. The van der Waals surface area contributed by atoms with Crippen LogP contribution in [0, 0.1) is 12.8 Å². The molecule has 86 valence electrons. The summed E-state index contributed by atoms with van der Waals surface area (Å²) in [6, 6.07) is 4.26. The van der Waals surface area contributed by atoms with Gasteiger partial charge in [-0.2, -0.15) is 0 Å². The quantitative estimate of drug-likeness (QED) is 0.909. The summed E-state index contributed by atoms with van der Waals surface area (Å²) in [7, 11) is 0. The lowest BCUT2D eigenvalue weighted by Crippen LogP contribution is -2.26. The predicted molar refractivity (Wildman–Crippen MR) is 71.0 cm³/mol. The molecular formula is C12H14BrNOS. The smallest absolute Gasteiger partial charge is 0.224 e. The van der Waals surface area contributed by atoms with Crippen LogP contribution in [0.5, 0.6) is 0 Å². The van der Waals surface area contributed by atoms with Gasteiger partial charge in [-0.05, 0) is 25.5 Å². The number of amides is 1. The van der Waals surface area contributed by atoms with Crippen molar-refractivity contribution in [2.75, 3.05) is 6.54 Å². The summed E-state index contributed by atoms with van der Waals surface area (Å²) in [5, 5.41) is 2.87. The Kier molecular flexibility index (Phi) is 3.50. The van der Waals surface area contributed by atoms with Crippen molar-refractivity contribution in [1.82, 2.24) is 5.32 Å². The lowest BCUT2D eigenvalue weighted by atomic mass is 10.2. The number of halogens is 1. The van der Waals surface area contributed by atoms with Gasteiger partial charge in [0, 0.05) is 32.6 Å². The summed E-state index contributed by atoms with van der Waals surface area (Å²) in [6.45, 7) is 6.31. The molecule has 0 saturated heterocycles. The van der Waals surface area contributed by atoms with Crippen molar-refractivity contribution < 1.29 is 4.79 Å². The van der Waals surface area contributed by atoms with Gasteiger partial charge in [-0.15, -0.1) is 11.3 Å². The molecule has 1 N–H and O–H groups in total. The zero-order chi connectivity index (χ0) is 11.7. The van der Waals surface area contributed by atoms with E-state index in [2.05, 4.69) is 46.9 Å². The van der Waals surface area contributed by atoms with Crippen LogP contribution in [0.3, 0.4) is 0 Å². The first-order valence-corrected chi connectivity index (χ1v) is 6.86. The Hall–Kier alpha value is -0.610. The average Bonchev–Trinajstić information content (AvgIpc) is 2.92. The van der Waals surface area contributed by atoms with Crippen molar-refractivity contribution in [2.24, 2.45) is 5.92 Å². The Balaban J connectivity index is 1.86. The lowest BCUT2D eigenvalue weighted by Gasteiger charge is -2.02. The number of rotatable bonds is 4. The van der Waals surface area contributed by atoms with E-state index in [9.17, 15) is 4.79 Å². The van der Waals surface area contributed by atoms with Crippen molar-refractivity contribution >= 4 is 33.2 Å². The minimum atomic E-state index is 0.150. The van der Waals surface area contributed by atoms with Crippen LogP contribution in [0.1, 0.15) is 22.1 Å². The van der Waals surface area contributed by atoms with Gasteiger partial charge in [-0.25, -0.2) is 0 Å². The molecule has 16 heavy (non-hydrogen) atoms. The number of aryl methyl sites for hydroxylation is 1. The van der Waals surface area contributed by atoms with Crippen LogP contribution in [0.25, 0.3) is 0 Å². The number of hydrogen-bond acceptors (Lipinski definition) is 2. The highest BCUT2D eigenvalue weighted by molar-refractivity contribution is 9.11.